The average molecular weight is 411 g/mol. The summed E-state index contributed by atoms with van der Waals surface area (Å²) >= 11 is 0. The number of aromatic nitrogens is 1. The number of hydrogen-bond acceptors (Lipinski definition) is 2. The number of hydrogen-bond donors (Lipinski definition) is 2. The van der Waals surface area contributed by atoms with Gasteiger partial charge in [0, 0.05) is 17.1 Å². The zero-order chi connectivity index (χ0) is 21.8. The molecule has 0 unspecified atom stereocenters. The maximum Gasteiger partial charge on any atom is 0.257 e. The van der Waals surface area contributed by atoms with Crippen molar-refractivity contribution in [2.75, 3.05) is 12.4 Å². The van der Waals surface area contributed by atoms with Crippen LogP contribution in [0.5, 0.6) is 5.75 Å². The minimum atomic E-state index is -0.118. The molecule has 0 aliphatic carbocycles. The SMILES string of the molecule is COc1ccc(-c2cc(C(=O)Nc3ccc(-c4ccccc4)cc3)c(C(C)C)[nH]2)cc1. The molecule has 0 fully saturated rings. The Morgan fingerprint density at radius 3 is 2.06 bits per heavy atom. The van der Waals surface area contributed by atoms with Crippen molar-refractivity contribution in [3.63, 3.8) is 0 Å². The highest BCUT2D eigenvalue weighted by atomic mass is 16.5. The first kappa shape index (κ1) is 20.5. The first-order valence-electron chi connectivity index (χ1n) is 10.4. The fourth-order valence-corrected chi connectivity index (χ4v) is 3.61. The summed E-state index contributed by atoms with van der Waals surface area (Å²) in [6.07, 6.45) is 0. The number of anilines is 1. The molecule has 1 amide bonds. The van der Waals surface area contributed by atoms with E-state index in [1.165, 1.54) is 0 Å². The number of carbonyl (C=O) groups is 1. The Hall–Kier alpha value is -3.79. The first-order valence-corrected chi connectivity index (χ1v) is 10.4. The van der Waals surface area contributed by atoms with Crippen LogP contribution in [0.3, 0.4) is 0 Å². The maximum absolute atomic E-state index is 13.1. The molecule has 2 N–H and O–H groups in total. The molecule has 0 spiro atoms. The fraction of sp³-hybridized carbons (Fsp3) is 0.148. The van der Waals surface area contributed by atoms with E-state index in [9.17, 15) is 4.79 Å². The molecule has 31 heavy (non-hydrogen) atoms. The van der Waals surface area contributed by atoms with Crippen LogP contribution in [0.25, 0.3) is 22.4 Å². The third kappa shape index (κ3) is 4.53. The molecule has 0 radical (unpaired) electrons. The second-order valence-electron chi connectivity index (χ2n) is 7.79. The van der Waals surface area contributed by atoms with Gasteiger partial charge < -0.3 is 15.0 Å². The lowest BCUT2D eigenvalue weighted by atomic mass is 10.0. The van der Waals surface area contributed by atoms with Crippen LogP contribution in [0, 0.1) is 0 Å². The fourth-order valence-electron chi connectivity index (χ4n) is 3.61. The van der Waals surface area contributed by atoms with E-state index in [0.717, 1.165) is 39.5 Å². The van der Waals surface area contributed by atoms with Crippen LogP contribution in [-0.4, -0.2) is 18.0 Å². The minimum absolute atomic E-state index is 0.118. The molecule has 0 saturated heterocycles. The van der Waals surface area contributed by atoms with E-state index in [1.807, 2.05) is 72.8 Å². The van der Waals surface area contributed by atoms with Gasteiger partial charge in [0.15, 0.2) is 0 Å². The van der Waals surface area contributed by atoms with Gasteiger partial charge in [-0.3, -0.25) is 4.79 Å². The average Bonchev–Trinajstić information content (AvgIpc) is 3.26. The number of carbonyl (C=O) groups excluding carboxylic acids is 1. The lowest BCUT2D eigenvalue weighted by Crippen LogP contribution is -2.13. The molecule has 156 valence electrons. The maximum atomic E-state index is 13.1. The molecule has 4 heteroatoms. The number of aromatic amines is 1. The van der Waals surface area contributed by atoms with Gasteiger partial charge in [0.1, 0.15) is 5.75 Å². The molecule has 4 nitrogen and oxygen atoms in total. The summed E-state index contributed by atoms with van der Waals surface area (Å²) in [6.45, 7) is 4.16. The van der Waals surface area contributed by atoms with E-state index < -0.39 is 0 Å². The molecule has 3 aromatic carbocycles. The van der Waals surface area contributed by atoms with Crippen LogP contribution in [0.1, 0.15) is 35.8 Å². The number of rotatable bonds is 6. The van der Waals surface area contributed by atoms with Crippen molar-refractivity contribution in [2.24, 2.45) is 0 Å². The Labute approximate surface area is 182 Å². The van der Waals surface area contributed by atoms with Crippen LogP contribution in [0.15, 0.2) is 84.9 Å². The Morgan fingerprint density at radius 2 is 1.45 bits per heavy atom. The Balaban J connectivity index is 1.56. The van der Waals surface area contributed by atoms with Crippen LogP contribution >= 0.6 is 0 Å². The molecule has 0 aliphatic rings. The van der Waals surface area contributed by atoms with Crippen LogP contribution < -0.4 is 10.1 Å². The lowest BCUT2D eigenvalue weighted by Gasteiger charge is -2.09. The Kier molecular flexibility index (Phi) is 5.89. The molecule has 0 bridgehead atoms. The van der Waals surface area contributed by atoms with Gasteiger partial charge in [-0.2, -0.15) is 0 Å². The smallest absolute Gasteiger partial charge is 0.257 e. The molecular weight excluding hydrogens is 384 g/mol. The molecule has 0 aliphatic heterocycles. The summed E-state index contributed by atoms with van der Waals surface area (Å²) in [7, 11) is 1.65. The molecular formula is C27H26N2O2. The molecule has 4 aromatic rings. The number of methoxy groups -OCH3 is 1. The lowest BCUT2D eigenvalue weighted by molar-refractivity contribution is 0.102. The van der Waals surface area contributed by atoms with Crippen LogP contribution in [0.2, 0.25) is 0 Å². The molecule has 4 rings (SSSR count). The summed E-state index contributed by atoms with van der Waals surface area (Å²) in [6, 6.07) is 27.8. The van der Waals surface area contributed by atoms with E-state index in [2.05, 4.69) is 36.3 Å². The Morgan fingerprint density at radius 1 is 0.839 bits per heavy atom. The van der Waals surface area contributed by atoms with E-state index in [4.69, 9.17) is 4.74 Å². The predicted molar refractivity (Wildman–Crippen MR) is 127 cm³/mol. The summed E-state index contributed by atoms with van der Waals surface area (Å²) in [5.74, 6) is 0.872. The third-order valence-electron chi connectivity index (χ3n) is 5.32. The van der Waals surface area contributed by atoms with Gasteiger partial charge in [0.2, 0.25) is 0 Å². The highest BCUT2D eigenvalue weighted by Gasteiger charge is 2.19. The van der Waals surface area contributed by atoms with Gasteiger partial charge in [-0.1, -0.05) is 56.3 Å². The van der Waals surface area contributed by atoms with E-state index >= 15 is 0 Å². The highest BCUT2D eigenvalue weighted by molar-refractivity contribution is 6.06. The number of amides is 1. The number of benzene rings is 3. The number of ether oxygens (including phenoxy) is 1. The largest absolute Gasteiger partial charge is 0.497 e. The first-order chi connectivity index (χ1) is 15.0. The van der Waals surface area contributed by atoms with Crippen molar-refractivity contribution in [2.45, 2.75) is 19.8 Å². The second kappa shape index (κ2) is 8.92. The predicted octanol–water partition coefficient (Wildman–Crippen LogP) is 6.73. The minimum Gasteiger partial charge on any atom is -0.497 e. The molecule has 0 atom stereocenters. The van der Waals surface area contributed by atoms with Gasteiger partial charge in [-0.15, -0.1) is 0 Å². The topological polar surface area (TPSA) is 54.1 Å². The van der Waals surface area contributed by atoms with Crippen molar-refractivity contribution >= 4 is 11.6 Å². The summed E-state index contributed by atoms with van der Waals surface area (Å²) in [5, 5.41) is 3.04. The van der Waals surface area contributed by atoms with Gasteiger partial charge in [0.05, 0.1) is 12.7 Å². The zero-order valence-corrected chi connectivity index (χ0v) is 18.0. The monoisotopic (exact) mass is 410 g/mol. The van der Waals surface area contributed by atoms with Gasteiger partial charge in [-0.25, -0.2) is 0 Å². The number of H-pyrrole nitrogens is 1. The Bertz CT molecular complexity index is 1160. The van der Waals surface area contributed by atoms with Crippen LogP contribution in [0.4, 0.5) is 5.69 Å². The van der Waals surface area contributed by atoms with Crippen molar-refractivity contribution in [1.29, 1.82) is 0 Å². The van der Waals surface area contributed by atoms with Crippen molar-refractivity contribution in [1.82, 2.24) is 4.98 Å². The summed E-state index contributed by atoms with van der Waals surface area (Å²) in [4.78, 5) is 16.5. The highest BCUT2D eigenvalue weighted by Crippen LogP contribution is 2.29. The summed E-state index contributed by atoms with van der Waals surface area (Å²) < 4.78 is 5.24. The van der Waals surface area contributed by atoms with Crippen molar-refractivity contribution < 1.29 is 9.53 Å². The quantitative estimate of drug-likeness (QED) is 0.370. The standard InChI is InChI=1S/C27H26N2O2/c1-18(2)26-24(17-25(29-26)21-11-15-23(31-3)16-12-21)27(30)28-22-13-9-20(10-14-22)19-7-5-4-6-8-19/h4-18,29H,1-3H3,(H,28,30). The van der Waals surface area contributed by atoms with Crippen molar-refractivity contribution in [3.8, 4) is 28.1 Å². The molecule has 1 aromatic heterocycles. The zero-order valence-electron chi connectivity index (χ0n) is 18.0. The second-order valence-corrected chi connectivity index (χ2v) is 7.79. The molecule has 0 saturated carbocycles. The van der Waals surface area contributed by atoms with E-state index in [0.29, 0.717) is 5.56 Å². The number of nitrogens with one attached hydrogen (secondary N) is 2. The summed E-state index contributed by atoms with van der Waals surface area (Å²) in [5.41, 5.74) is 6.54. The molecule has 1 heterocycles. The van der Waals surface area contributed by atoms with Gasteiger partial charge in [0.25, 0.3) is 5.91 Å². The van der Waals surface area contributed by atoms with E-state index in [1.54, 1.807) is 7.11 Å². The van der Waals surface area contributed by atoms with Gasteiger partial charge in [-0.05, 0) is 65.1 Å². The van der Waals surface area contributed by atoms with E-state index in [-0.39, 0.29) is 11.8 Å². The third-order valence-corrected chi connectivity index (χ3v) is 5.32. The van der Waals surface area contributed by atoms with Crippen molar-refractivity contribution in [3.05, 3.63) is 96.2 Å². The van der Waals surface area contributed by atoms with Crippen LogP contribution in [-0.2, 0) is 0 Å². The normalized spacial score (nSPS) is 10.8. The van der Waals surface area contributed by atoms with Gasteiger partial charge >= 0.3 is 0 Å².